The summed E-state index contributed by atoms with van der Waals surface area (Å²) in [4.78, 5) is 22.0. The van der Waals surface area contributed by atoms with Crippen molar-refractivity contribution in [2.45, 2.75) is 0 Å². The number of benzene rings is 2. The van der Waals surface area contributed by atoms with Crippen LogP contribution in [0, 0.1) is 11.3 Å². The van der Waals surface area contributed by atoms with Crippen LogP contribution in [0.5, 0.6) is 0 Å². The van der Waals surface area contributed by atoms with Crippen molar-refractivity contribution >= 4 is 21.8 Å². The fraction of sp³-hybridized carbons (Fsp3) is 0. The zero-order valence-corrected chi connectivity index (χ0v) is 14.2. The number of hydrogen-bond donors (Lipinski definition) is 3. The van der Waals surface area contributed by atoms with Gasteiger partial charge in [0, 0.05) is 50.9 Å². The maximum absolute atomic E-state index is 12.7. The molecule has 0 unspecified atom stereocenters. The van der Waals surface area contributed by atoms with Crippen LogP contribution in [0.15, 0.2) is 71.8 Å². The van der Waals surface area contributed by atoms with Gasteiger partial charge in [-0.1, -0.05) is 36.4 Å². The summed E-state index contributed by atoms with van der Waals surface area (Å²) >= 11 is 0. The lowest BCUT2D eigenvalue weighted by atomic mass is 9.98. The minimum Gasteiger partial charge on any atom is -0.361 e. The van der Waals surface area contributed by atoms with E-state index in [-0.39, 0.29) is 11.1 Å². The number of nitrogens with one attached hydrogen (secondary N) is 3. The molecule has 5 heteroatoms. The first-order chi connectivity index (χ1) is 13.3. The SMILES string of the molecule is N#Cc1c(-c2c[nH]c3ccccc23)cc(-c2c[nH]c3ccccc23)[nH]c1=O. The van der Waals surface area contributed by atoms with Crippen LogP contribution >= 0.6 is 0 Å². The highest BCUT2D eigenvalue weighted by molar-refractivity contribution is 5.99. The topological polar surface area (TPSA) is 88.2 Å². The van der Waals surface area contributed by atoms with Crippen LogP contribution in [0.2, 0.25) is 0 Å². The predicted molar refractivity (Wildman–Crippen MR) is 106 cm³/mol. The fourth-order valence-corrected chi connectivity index (χ4v) is 3.62. The maximum Gasteiger partial charge on any atom is 0.266 e. The molecule has 0 aliphatic carbocycles. The number of fused-ring (bicyclic) bond motifs is 2. The lowest BCUT2D eigenvalue weighted by Gasteiger charge is -2.07. The Hall–Kier alpha value is -4.04. The largest absolute Gasteiger partial charge is 0.361 e. The molecule has 0 radical (unpaired) electrons. The third-order valence-electron chi connectivity index (χ3n) is 4.90. The summed E-state index contributed by atoms with van der Waals surface area (Å²) in [6, 6.07) is 19.7. The number of pyridine rings is 1. The number of rotatable bonds is 2. The van der Waals surface area contributed by atoms with E-state index in [1.54, 1.807) is 0 Å². The number of aromatic amines is 3. The first kappa shape index (κ1) is 15.2. The summed E-state index contributed by atoms with van der Waals surface area (Å²) < 4.78 is 0. The number of nitriles is 1. The summed E-state index contributed by atoms with van der Waals surface area (Å²) in [6.07, 6.45) is 3.72. The monoisotopic (exact) mass is 350 g/mol. The Morgan fingerprint density at radius 1 is 0.778 bits per heavy atom. The van der Waals surface area contributed by atoms with Crippen LogP contribution in [0.25, 0.3) is 44.2 Å². The molecule has 0 fully saturated rings. The third-order valence-corrected chi connectivity index (χ3v) is 4.90. The van der Waals surface area contributed by atoms with Crippen molar-refractivity contribution < 1.29 is 0 Å². The molecule has 5 aromatic rings. The molecule has 0 atom stereocenters. The van der Waals surface area contributed by atoms with E-state index in [0.29, 0.717) is 11.3 Å². The molecule has 0 bridgehead atoms. The molecule has 3 N–H and O–H groups in total. The molecule has 5 nitrogen and oxygen atoms in total. The second kappa shape index (κ2) is 5.75. The zero-order chi connectivity index (χ0) is 18.4. The molecule has 27 heavy (non-hydrogen) atoms. The van der Waals surface area contributed by atoms with Gasteiger partial charge in [0.15, 0.2) is 0 Å². The van der Waals surface area contributed by atoms with E-state index in [1.165, 1.54) is 0 Å². The summed E-state index contributed by atoms with van der Waals surface area (Å²) in [6.45, 7) is 0. The van der Waals surface area contributed by atoms with E-state index in [1.807, 2.05) is 67.0 Å². The second-order valence-electron chi connectivity index (χ2n) is 6.41. The minimum absolute atomic E-state index is 0.114. The van der Waals surface area contributed by atoms with Gasteiger partial charge in [-0.15, -0.1) is 0 Å². The highest BCUT2D eigenvalue weighted by atomic mass is 16.1. The predicted octanol–water partition coefficient (Wildman–Crippen LogP) is 4.54. The van der Waals surface area contributed by atoms with Gasteiger partial charge in [0.05, 0.1) is 5.69 Å². The molecule has 128 valence electrons. The quantitative estimate of drug-likeness (QED) is 0.436. The van der Waals surface area contributed by atoms with E-state index >= 15 is 0 Å². The molecule has 3 aromatic heterocycles. The highest BCUT2D eigenvalue weighted by Gasteiger charge is 2.16. The number of nitrogens with zero attached hydrogens (tertiary/aromatic N) is 1. The van der Waals surface area contributed by atoms with Crippen molar-refractivity contribution in [1.82, 2.24) is 15.0 Å². The standard InChI is InChI=1S/C22H14N4O/c23-10-16-15(17-11-24-19-7-3-1-5-13(17)19)9-21(26-22(16)27)18-12-25-20-8-4-2-6-14(18)20/h1-9,11-12,24-25H,(H,26,27). The van der Waals surface area contributed by atoms with Gasteiger partial charge < -0.3 is 15.0 Å². The van der Waals surface area contributed by atoms with Crippen LogP contribution in [-0.2, 0) is 0 Å². The van der Waals surface area contributed by atoms with E-state index < -0.39 is 0 Å². The normalized spacial score (nSPS) is 11.1. The number of aromatic nitrogens is 3. The number of hydrogen-bond acceptors (Lipinski definition) is 2. The Labute approximate surface area is 153 Å². The van der Waals surface area contributed by atoms with E-state index in [4.69, 9.17) is 0 Å². The van der Waals surface area contributed by atoms with Gasteiger partial charge >= 0.3 is 0 Å². The molecule has 0 aliphatic rings. The van der Waals surface area contributed by atoms with Crippen LogP contribution < -0.4 is 5.56 Å². The van der Waals surface area contributed by atoms with Crippen LogP contribution in [0.1, 0.15) is 5.56 Å². The second-order valence-corrected chi connectivity index (χ2v) is 6.41. The molecule has 2 aromatic carbocycles. The molecular formula is C22H14N4O. The third kappa shape index (κ3) is 2.28. The molecule has 0 aliphatic heterocycles. The molecule has 0 amide bonds. The summed E-state index contributed by atoms with van der Waals surface area (Å²) in [5.74, 6) is 0. The Morgan fingerprint density at radius 2 is 1.37 bits per heavy atom. The summed E-state index contributed by atoms with van der Waals surface area (Å²) in [7, 11) is 0. The molecule has 5 rings (SSSR count). The maximum atomic E-state index is 12.7. The average molecular weight is 350 g/mol. The van der Waals surface area contributed by atoms with E-state index in [0.717, 1.165) is 32.9 Å². The molecule has 3 heterocycles. The molecule has 0 saturated carbocycles. The van der Waals surface area contributed by atoms with Crippen molar-refractivity contribution in [3.63, 3.8) is 0 Å². The van der Waals surface area contributed by atoms with E-state index in [2.05, 4.69) is 21.0 Å². The first-order valence-electron chi connectivity index (χ1n) is 8.56. The first-order valence-corrected chi connectivity index (χ1v) is 8.56. The van der Waals surface area contributed by atoms with Gasteiger partial charge in [-0.25, -0.2) is 0 Å². The zero-order valence-electron chi connectivity index (χ0n) is 14.2. The van der Waals surface area contributed by atoms with Crippen molar-refractivity contribution in [3.05, 3.63) is 82.9 Å². The van der Waals surface area contributed by atoms with E-state index in [9.17, 15) is 10.1 Å². The Balaban J connectivity index is 1.82. The van der Waals surface area contributed by atoms with Crippen molar-refractivity contribution in [2.75, 3.05) is 0 Å². The molecular weight excluding hydrogens is 336 g/mol. The molecule has 0 saturated heterocycles. The minimum atomic E-state index is -0.388. The highest BCUT2D eigenvalue weighted by Crippen LogP contribution is 2.33. The van der Waals surface area contributed by atoms with Crippen molar-refractivity contribution in [2.24, 2.45) is 0 Å². The summed E-state index contributed by atoms with van der Waals surface area (Å²) in [5.41, 5.74) is 4.72. The van der Waals surface area contributed by atoms with Gasteiger partial charge in [-0.2, -0.15) is 5.26 Å². The number of para-hydroxylation sites is 2. The van der Waals surface area contributed by atoms with Crippen LogP contribution in [0.3, 0.4) is 0 Å². The van der Waals surface area contributed by atoms with Crippen molar-refractivity contribution in [3.8, 4) is 28.5 Å². The Kier molecular flexibility index (Phi) is 3.24. The van der Waals surface area contributed by atoms with Crippen molar-refractivity contribution in [1.29, 1.82) is 5.26 Å². The van der Waals surface area contributed by atoms with Gasteiger partial charge in [-0.3, -0.25) is 4.79 Å². The molecule has 0 spiro atoms. The number of H-pyrrole nitrogens is 3. The van der Waals surface area contributed by atoms with Gasteiger partial charge in [0.25, 0.3) is 5.56 Å². The van der Waals surface area contributed by atoms with Crippen LogP contribution in [-0.4, -0.2) is 15.0 Å². The van der Waals surface area contributed by atoms with Crippen LogP contribution in [0.4, 0.5) is 0 Å². The van der Waals surface area contributed by atoms with Gasteiger partial charge in [0.1, 0.15) is 11.6 Å². The average Bonchev–Trinajstić information content (AvgIpc) is 3.32. The fourth-order valence-electron chi connectivity index (χ4n) is 3.62. The van der Waals surface area contributed by atoms with Gasteiger partial charge in [0.2, 0.25) is 0 Å². The lowest BCUT2D eigenvalue weighted by molar-refractivity contribution is 1.22. The lowest BCUT2D eigenvalue weighted by Crippen LogP contribution is -2.12. The summed E-state index contributed by atoms with van der Waals surface area (Å²) in [5, 5.41) is 11.6. The van der Waals surface area contributed by atoms with Gasteiger partial charge in [-0.05, 0) is 18.2 Å². The smallest absolute Gasteiger partial charge is 0.266 e. The Bertz CT molecular complexity index is 1410. The Morgan fingerprint density at radius 3 is 2.04 bits per heavy atom.